The Morgan fingerprint density at radius 2 is 2.12 bits per heavy atom. The van der Waals surface area contributed by atoms with Crippen LogP contribution >= 0.6 is 0 Å². The van der Waals surface area contributed by atoms with E-state index in [0.29, 0.717) is 12.0 Å². The molecule has 1 aromatic rings. The standard InChI is InChI=1S/C13H24N4/c1-11(2)8-14-9-13-16-15-10-17(13)12-6-4-3-5-7-12/h10-12,14H,3-9H2,1-2H3. The molecule has 1 aliphatic rings. The first-order chi connectivity index (χ1) is 8.27. The molecule has 0 aromatic carbocycles. The number of nitrogens with zero attached hydrogens (tertiary/aromatic N) is 3. The Bertz CT molecular complexity index is 326. The monoisotopic (exact) mass is 236 g/mol. The van der Waals surface area contributed by atoms with Crippen molar-refractivity contribution in [2.24, 2.45) is 5.92 Å². The first-order valence-corrected chi connectivity index (χ1v) is 6.86. The molecule has 0 atom stereocenters. The second-order valence-electron chi connectivity index (χ2n) is 5.47. The Kier molecular flexibility index (Phi) is 4.54. The fraction of sp³-hybridized carbons (Fsp3) is 0.846. The van der Waals surface area contributed by atoms with E-state index in [9.17, 15) is 0 Å². The third kappa shape index (κ3) is 3.53. The molecule has 96 valence electrons. The molecule has 1 aliphatic carbocycles. The summed E-state index contributed by atoms with van der Waals surface area (Å²) in [6.07, 6.45) is 8.57. The predicted molar refractivity (Wildman–Crippen MR) is 68.7 cm³/mol. The molecule has 0 saturated heterocycles. The van der Waals surface area contributed by atoms with Crippen molar-refractivity contribution in [2.75, 3.05) is 6.54 Å². The summed E-state index contributed by atoms with van der Waals surface area (Å²) in [5.74, 6) is 1.78. The number of nitrogens with one attached hydrogen (secondary N) is 1. The van der Waals surface area contributed by atoms with Gasteiger partial charge in [0.05, 0.1) is 6.54 Å². The van der Waals surface area contributed by atoms with E-state index >= 15 is 0 Å². The third-order valence-corrected chi connectivity index (χ3v) is 3.45. The van der Waals surface area contributed by atoms with Gasteiger partial charge in [-0.05, 0) is 25.3 Å². The average molecular weight is 236 g/mol. The smallest absolute Gasteiger partial charge is 0.147 e. The topological polar surface area (TPSA) is 42.7 Å². The zero-order valence-corrected chi connectivity index (χ0v) is 11.0. The van der Waals surface area contributed by atoms with Gasteiger partial charge < -0.3 is 9.88 Å². The van der Waals surface area contributed by atoms with Crippen molar-refractivity contribution >= 4 is 0 Å². The van der Waals surface area contributed by atoms with Crippen molar-refractivity contribution in [3.8, 4) is 0 Å². The van der Waals surface area contributed by atoms with Crippen LogP contribution in [0.4, 0.5) is 0 Å². The quantitative estimate of drug-likeness (QED) is 0.854. The fourth-order valence-corrected chi connectivity index (χ4v) is 2.53. The minimum absolute atomic E-state index is 0.634. The van der Waals surface area contributed by atoms with E-state index in [2.05, 4.69) is 33.9 Å². The molecular formula is C13H24N4. The molecule has 0 spiro atoms. The fourth-order valence-electron chi connectivity index (χ4n) is 2.53. The summed E-state index contributed by atoms with van der Waals surface area (Å²) in [6, 6.07) is 0.634. The van der Waals surface area contributed by atoms with Gasteiger partial charge in [0.2, 0.25) is 0 Å². The normalized spacial score (nSPS) is 17.8. The molecule has 4 nitrogen and oxygen atoms in total. The van der Waals surface area contributed by atoms with E-state index < -0.39 is 0 Å². The SMILES string of the molecule is CC(C)CNCc1nncn1C1CCCCC1. The molecule has 2 rings (SSSR count). The van der Waals surface area contributed by atoms with E-state index in [-0.39, 0.29) is 0 Å². The molecule has 0 aliphatic heterocycles. The summed E-state index contributed by atoms with van der Waals surface area (Å²) < 4.78 is 2.28. The van der Waals surface area contributed by atoms with Crippen LogP contribution in [0.25, 0.3) is 0 Å². The first kappa shape index (κ1) is 12.6. The maximum absolute atomic E-state index is 4.24. The lowest BCUT2D eigenvalue weighted by Crippen LogP contribution is -2.23. The van der Waals surface area contributed by atoms with E-state index in [1.807, 2.05) is 6.33 Å². The molecule has 4 heteroatoms. The highest BCUT2D eigenvalue weighted by atomic mass is 15.3. The number of hydrogen-bond donors (Lipinski definition) is 1. The highest BCUT2D eigenvalue weighted by Gasteiger charge is 2.18. The predicted octanol–water partition coefficient (Wildman–Crippen LogP) is 2.53. The van der Waals surface area contributed by atoms with Crippen molar-refractivity contribution in [3.63, 3.8) is 0 Å². The van der Waals surface area contributed by atoms with Crippen LogP contribution in [-0.2, 0) is 6.54 Å². The summed E-state index contributed by atoms with van der Waals surface area (Å²) in [5.41, 5.74) is 0. The molecule has 0 unspecified atom stereocenters. The van der Waals surface area contributed by atoms with Gasteiger partial charge in [0, 0.05) is 6.04 Å². The summed E-state index contributed by atoms with van der Waals surface area (Å²) in [7, 11) is 0. The van der Waals surface area contributed by atoms with Crippen molar-refractivity contribution < 1.29 is 0 Å². The number of aromatic nitrogens is 3. The van der Waals surface area contributed by atoms with Gasteiger partial charge in [-0.25, -0.2) is 0 Å². The molecular weight excluding hydrogens is 212 g/mol. The van der Waals surface area contributed by atoms with Gasteiger partial charge in [0.1, 0.15) is 12.2 Å². The Balaban J connectivity index is 1.91. The summed E-state index contributed by atoms with van der Waals surface area (Å²) in [5, 5.41) is 11.8. The van der Waals surface area contributed by atoms with Crippen LogP contribution < -0.4 is 5.32 Å². The average Bonchev–Trinajstić information content (AvgIpc) is 2.78. The molecule has 1 fully saturated rings. The van der Waals surface area contributed by atoms with Crippen LogP contribution in [0.5, 0.6) is 0 Å². The van der Waals surface area contributed by atoms with Gasteiger partial charge in [-0.1, -0.05) is 33.1 Å². The van der Waals surface area contributed by atoms with Gasteiger partial charge in [-0.2, -0.15) is 0 Å². The van der Waals surface area contributed by atoms with E-state index in [1.54, 1.807) is 0 Å². The summed E-state index contributed by atoms with van der Waals surface area (Å²) in [4.78, 5) is 0. The summed E-state index contributed by atoms with van der Waals surface area (Å²) in [6.45, 7) is 6.32. The Morgan fingerprint density at radius 3 is 2.82 bits per heavy atom. The second kappa shape index (κ2) is 6.15. The van der Waals surface area contributed by atoms with Crippen LogP contribution in [-0.4, -0.2) is 21.3 Å². The van der Waals surface area contributed by atoms with Crippen molar-refractivity contribution in [2.45, 2.75) is 58.5 Å². The van der Waals surface area contributed by atoms with Gasteiger partial charge in [-0.15, -0.1) is 10.2 Å². The van der Waals surface area contributed by atoms with Crippen LogP contribution in [0.15, 0.2) is 6.33 Å². The van der Waals surface area contributed by atoms with E-state index in [4.69, 9.17) is 0 Å². The molecule has 0 radical (unpaired) electrons. The zero-order chi connectivity index (χ0) is 12.1. The van der Waals surface area contributed by atoms with Crippen molar-refractivity contribution in [1.29, 1.82) is 0 Å². The van der Waals surface area contributed by atoms with Crippen LogP contribution in [0.1, 0.15) is 57.8 Å². The van der Waals surface area contributed by atoms with Crippen LogP contribution in [0, 0.1) is 5.92 Å². The van der Waals surface area contributed by atoms with Gasteiger partial charge in [-0.3, -0.25) is 0 Å². The minimum atomic E-state index is 0.634. The van der Waals surface area contributed by atoms with Crippen molar-refractivity contribution in [1.82, 2.24) is 20.1 Å². The van der Waals surface area contributed by atoms with Gasteiger partial charge in [0.15, 0.2) is 0 Å². The Morgan fingerprint density at radius 1 is 1.35 bits per heavy atom. The largest absolute Gasteiger partial charge is 0.313 e. The lowest BCUT2D eigenvalue weighted by molar-refractivity contribution is 0.342. The minimum Gasteiger partial charge on any atom is -0.313 e. The van der Waals surface area contributed by atoms with E-state index in [0.717, 1.165) is 18.9 Å². The summed E-state index contributed by atoms with van der Waals surface area (Å²) >= 11 is 0. The Hall–Kier alpha value is -0.900. The molecule has 1 heterocycles. The maximum Gasteiger partial charge on any atom is 0.147 e. The molecule has 0 amide bonds. The second-order valence-corrected chi connectivity index (χ2v) is 5.47. The van der Waals surface area contributed by atoms with E-state index in [1.165, 1.54) is 32.1 Å². The number of hydrogen-bond acceptors (Lipinski definition) is 3. The van der Waals surface area contributed by atoms with Gasteiger partial charge >= 0.3 is 0 Å². The lowest BCUT2D eigenvalue weighted by Gasteiger charge is -2.24. The highest BCUT2D eigenvalue weighted by Crippen LogP contribution is 2.28. The number of rotatable bonds is 5. The third-order valence-electron chi connectivity index (χ3n) is 3.45. The molecule has 1 N–H and O–H groups in total. The van der Waals surface area contributed by atoms with Crippen molar-refractivity contribution in [3.05, 3.63) is 12.2 Å². The molecule has 17 heavy (non-hydrogen) atoms. The molecule has 1 aromatic heterocycles. The first-order valence-electron chi connectivity index (χ1n) is 6.86. The maximum atomic E-state index is 4.24. The Labute approximate surface area is 104 Å². The van der Waals surface area contributed by atoms with Gasteiger partial charge in [0.25, 0.3) is 0 Å². The lowest BCUT2D eigenvalue weighted by atomic mass is 9.95. The molecule has 0 bridgehead atoms. The van der Waals surface area contributed by atoms with Crippen LogP contribution in [0.3, 0.4) is 0 Å². The zero-order valence-electron chi connectivity index (χ0n) is 11.0. The highest BCUT2D eigenvalue weighted by molar-refractivity contribution is 4.90. The van der Waals surface area contributed by atoms with Crippen LogP contribution in [0.2, 0.25) is 0 Å². The molecule has 1 saturated carbocycles.